The van der Waals surface area contributed by atoms with E-state index in [1.165, 1.54) is 5.56 Å². The van der Waals surface area contributed by atoms with Gasteiger partial charge < -0.3 is 10.1 Å². The van der Waals surface area contributed by atoms with Crippen LogP contribution in [0.5, 0.6) is 5.75 Å². The van der Waals surface area contributed by atoms with Crippen molar-refractivity contribution < 1.29 is 9.53 Å². The Hall–Kier alpha value is -4.37. The SMILES string of the molecule is COc1cccc(-n2c(CNC(=O)c3ccc(-n4cccn4)cc3)nnc2SCCc2ccccc2)c1. The molecule has 1 amide bonds. The van der Waals surface area contributed by atoms with Gasteiger partial charge in [-0.2, -0.15) is 5.10 Å². The fraction of sp³-hybridized carbons (Fsp3) is 0.143. The van der Waals surface area contributed by atoms with Crippen LogP contribution in [0.25, 0.3) is 11.4 Å². The lowest BCUT2D eigenvalue weighted by Gasteiger charge is -2.12. The third-order valence-electron chi connectivity index (χ3n) is 5.78. The molecule has 37 heavy (non-hydrogen) atoms. The maximum atomic E-state index is 12.9. The normalized spacial score (nSPS) is 10.8. The summed E-state index contributed by atoms with van der Waals surface area (Å²) >= 11 is 1.63. The molecule has 5 aromatic rings. The predicted octanol–water partition coefficient (Wildman–Crippen LogP) is 4.73. The number of nitrogens with one attached hydrogen (secondary N) is 1. The molecule has 9 heteroatoms. The highest BCUT2D eigenvalue weighted by molar-refractivity contribution is 7.99. The van der Waals surface area contributed by atoms with E-state index >= 15 is 0 Å². The number of benzene rings is 3. The van der Waals surface area contributed by atoms with Crippen molar-refractivity contribution in [2.75, 3.05) is 12.9 Å². The van der Waals surface area contributed by atoms with Crippen LogP contribution in [0.2, 0.25) is 0 Å². The largest absolute Gasteiger partial charge is 0.497 e. The standard InChI is InChI=1S/C28H26N6O2S/c1-36-25-10-5-9-24(19-25)34-26(31-32-28(34)37-18-15-21-7-3-2-4-8-21)20-29-27(35)22-11-13-23(14-12-22)33-17-6-16-30-33/h2-14,16-17,19H,15,18,20H2,1H3,(H,29,35). The molecule has 0 fully saturated rings. The number of ether oxygens (including phenoxy) is 1. The van der Waals surface area contributed by atoms with Gasteiger partial charge in [-0.1, -0.05) is 48.2 Å². The molecule has 8 nitrogen and oxygen atoms in total. The molecule has 0 radical (unpaired) electrons. The van der Waals surface area contributed by atoms with Gasteiger partial charge >= 0.3 is 0 Å². The van der Waals surface area contributed by atoms with Gasteiger partial charge in [0.2, 0.25) is 0 Å². The van der Waals surface area contributed by atoms with Crippen LogP contribution in [-0.2, 0) is 13.0 Å². The Balaban J connectivity index is 1.32. The molecule has 0 aliphatic carbocycles. The molecule has 0 saturated carbocycles. The van der Waals surface area contributed by atoms with E-state index < -0.39 is 0 Å². The number of amides is 1. The minimum Gasteiger partial charge on any atom is -0.497 e. The molecule has 0 bridgehead atoms. The van der Waals surface area contributed by atoms with E-state index in [0.717, 1.165) is 34.5 Å². The molecular formula is C28H26N6O2S. The van der Waals surface area contributed by atoms with Crippen molar-refractivity contribution in [3.63, 3.8) is 0 Å². The van der Waals surface area contributed by atoms with Crippen LogP contribution in [0.1, 0.15) is 21.7 Å². The maximum Gasteiger partial charge on any atom is 0.251 e. The molecular weight excluding hydrogens is 484 g/mol. The topological polar surface area (TPSA) is 86.9 Å². The third-order valence-corrected chi connectivity index (χ3v) is 6.71. The smallest absolute Gasteiger partial charge is 0.251 e. The zero-order chi connectivity index (χ0) is 25.5. The second kappa shape index (κ2) is 11.6. The van der Waals surface area contributed by atoms with Crippen molar-refractivity contribution in [1.82, 2.24) is 29.9 Å². The molecule has 2 heterocycles. The van der Waals surface area contributed by atoms with Gasteiger partial charge in [-0.3, -0.25) is 9.36 Å². The van der Waals surface area contributed by atoms with E-state index in [9.17, 15) is 4.79 Å². The Morgan fingerprint density at radius 1 is 0.946 bits per heavy atom. The number of carbonyl (C=O) groups excluding carboxylic acids is 1. The molecule has 0 unspecified atom stereocenters. The Labute approximate surface area is 219 Å². The van der Waals surface area contributed by atoms with Gasteiger partial charge in [-0.25, -0.2) is 4.68 Å². The zero-order valence-corrected chi connectivity index (χ0v) is 21.1. The van der Waals surface area contributed by atoms with Crippen LogP contribution in [0.3, 0.4) is 0 Å². The van der Waals surface area contributed by atoms with Crippen molar-refractivity contribution in [3.05, 3.63) is 114 Å². The summed E-state index contributed by atoms with van der Waals surface area (Å²) in [6.07, 6.45) is 4.49. The summed E-state index contributed by atoms with van der Waals surface area (Å²) < 4.78 is 9.14. The Bertz CT molecular complexity index is 1450. The molecule has 1 N–H and O–H groups in total. The molecule has 5 rings (SSSR count). The van der Waals surface area contributed by atoms with Gasteiger partial charge in [-0.15, -0.1) is 10.2 Å². The Morgan fingerprint density at radius 3 is 2.54 bits per heavy atom. The molecule has 0 spiro atoms. The van der Waals surface area contributed by atoms with Gasteiger partial charge in [0.1, 0.15) is 5.75 Å². The average molecular weight is 511 g/mol. The van der Waals surface area contributed by atoms with Crippen LogP contribution >= 0.6 is 11.8 Å². The number of hydrogen-bond donors (Lipinski definition) is 1. The summed E-state index contributed by atoms with van der Waals surface area (Å²) in [5.41, 5.74) is 3.59. The first-order valence-electron chi connectivity index (χ1n) is 11.8. The third kappa shape index (κ3) is 5.90. The molecule has 0 aliphatic heterocycles. The lowest BCUT2D eigenvalue weighted by atomic mass is 10.2. The first-order valence-corrected chi connectivity index (χ1v) is 12.8. The van der Waals surface area contributed by atoms with Crippen molar-refractivity contribution in [2.45, 2.75) is 18.1 Å². The van der Waals surface area contributed by atoms with Crippen LogP contribution in [0, 0.1) is 0 Å². The number of aryl methyl sites for hydroxylation is 1. The number of aromatic nitrogens is 5. The predicted molar refractivity (Wildman–Crippen MR) is 144 cm³/mol. The van der Waals surface area contributed by atoms with Crippen molar-refractivity contribution in [2.24, 2.45) is 0 Å². The molecule has 0 atom stereocenters. The fourth-order valence-corrected chi connectivity index (χ4v) is 4.83. The summed E-state index contributed by atoms with van der Waals surface area (Å²) in [5.74, 6) is 2.03. The van der Waals surface area contributed by atoms with Gasteiger partial charge in [0.15, 0.2) is 11.0 Å². The lowest BCUT2D eigenvalue weighted by Crippen LogP contribution is -2.24. The maximum absolute atomic E-state index is 12.9. The van der Waals surface area contributed by atoms with Gasteiger partial charge in [0.25, 0.3) is 5.91 Å². The zero-order valence-electron chi connectivity index (χ0n) is 20.3. The summed E-state index contributed by atoms with van der Waals surface area (Å²) in [6, 6.07) is 27.2. The van der Waals surface area contributed by atoms with E-state index in [1.54, 1.807) is 41.9 Å². The van der Waals surface area contributed by atoms with Crippen molar-refractivity contribution in [3.8, 4) is 17.1 Å². The molecule has 2 aromatic heterocycles. The van der Waals surface area contributed by atoms with E-state index in [2.05, 4.69) is 32.7 Å². The van der Waals surface area contributed by atoms with Crippen LogP contribution in [-0.4, -0.2) is 43.3 Å². The Kier molecular flexibility index (Phi) is 7.61. The van der Waals surface area contributed by atoms with Crippen molar-refractivity contribution >= 4 is 17.7 Å². The highest BCUT2D eigenvalue weighted by Gasteiger charge is 2.16. The summed E-state index contributed by atoms with van der Waals surface area (Å²) in [4.78, 5) is 12.9. The second-order valence-electron chi connectivity index (χ2n) is 8.20. The first kappa shape index (κ1) is 24.3. The molecule has 0 aliphatic rings. The van der Waals surface area contributed by atoms with Gasteiger partial charge in [-0.05, 0) is 54.4 Å². The van der Waals surface area contributed by atoms with E-state index in [0.29, 0.717) is 11.4 Å². The number of rotatable bonds is 10. The van der Waals surface area contributed by atoms with Gasteiger partial charge in [0.05, 0.1) is 25.0 Å². The van der Waals surface area contributed by atoms with Crippen molar-refractivity contribution in [1.29, 1.82) is 0 Å². The van der Waals surface area contributed by atoms with Crippen LogP contribution in [0.4, 0.5) is 0 Å². The summed E-state index contributed by atoms with van der Waals surface area (Å²) in [5, 5.41) is 16.8. The highest BCUT2D eigenvalue weighted by Crippen LogP contribution is 2.25. The second-order valence-corrected chi connectivity index (χ2v) is 9.26. The number of methoxy groups -OCH3 is 1. The monoisotopic (exact) mass is 510 g/mol. The Morgan fingerprint density at radius 2 is 1.78 bits per heavy atom. The van der Waals surface area contributed by atoms with E-state index in [1.807, 2.05) is 71.4 Å². The molecule has 186 valence electrons. The molecule has 0 saturated heterocycles. The summed E-state index contributed by atoms with van der Waals surface area (Å²) in [6.45, 7) is 0.225. The minimum atomic E-state index is -0.189. The quantitative estimate of drug-likeness (QED) is 0.274. The fourth-order valence-electron chi connectivity index (χ4n) is 3.87. The average Bonchev–Trinajstić information content (AvgIpc) is 3.63. The number of nitrogens with zero attached hydrogens (tertiary/aromatic N) is 5. The minimum absolute atomic E-state index is 0.189. The lowest BCUT2D eigenvalue weighted by molar-refractivity contribution is 0.0949. The van der Waals surface area contributed by atoms with Crippen LogP contribution in [0.15, 0.2) is 102 Å². The number of thioether (sulfide) groups is 1. The summed E-state index contributed by atoms with van der Waals surface area (Å²) in [7, 11) is 1.64. The van der Waals surface area contributed by atoms with Crippen LogP contribution < -0.4 is 10.1 Å². The highest BCUT2D eigenvalue weighted by atomic mass is 32.2. The van der Waals surface area contributed by atoms with Gasteiger partial charge in [0, 0.05) is 29.8 Å². The first-order chi connectivity index (χ1) is 18.2. The van der Waals surface area contributed by atoms with E-state index in [4.69, 9.17) is 4.74 Å². The number of carbonyl (C=O) groups is 1. The molecule has 3 aromatic carbocycles. The number of hydrogen-bond acceptors (Lipinski definition) is 6. The van der Waals surface area contributed by atoms with E-state index in [-0.39, 0.29) is 12.5 Å².